The van der Waals surface area contributed by atoms with Crippen LogP contribution < -0.4 is 0 Å². The van der Waals surface area contributed by atoms with Crippen molar-refractivity contribution < 1.29 is 14.6 Å². The second kappa shape index (κ2) is 14.2. The fourth-order valence-corrected chi connectivity index (χ4v) is 6.11. The summed E-state index contributed by atoms with van der Waals surface area (Å²) in [5.41, 5.74) is 6.50. The van der Waals surface area contributed by atoms with E-state index in [-0.39, 0.29) is 18.0 Å². The SMILES string of the molecule is C[C@H](O)Cc1ccccc1[C@H](CCSCCC(=O)OC1CC1)c1cccc(/C=C/c2ccc3ccc(Cl)cc3n2)c1. The highest BCUT2D eigenvalue weighted by atomic mass is 35.5. The van der Waals surface area contributed by atoms with E-state index in [9.17, 15) is 9.90 Å². The third-order valence-corrected chi connectivity index (χ3v) is 8.46. The van der Waals surface area contributed by atoms with Crippen molar-refractivity contribution in [3.63, 3.8) is 0 Å². The number of nitrogens with zero attached hydrogens (tertiary/aromatic N) is 1. The molecule has 1 fully saturated rings. The number of esters is 1. The standard InChI is InChI=1S/C35H36ClNO3S/c1-24(38)21-27-6-2-3-8-32(27)33(17-19-41-20-18-35(39)40-31-15-16-31)28-7-4-5-25(22-28)9-13-30-14-11-26-10-12-29(36)23-34(26)37-30/h2-14,22-24,31,33,38H,15-21H2,1H3/b13-9+/t24-,33+/m0/s1. The molecule has 2 atom stereocenters. The monoisotopic (exact) mass is 585 g/mol. The summed E-state index contributed by atoms with van der Waals surface area (Å²) in [5.74, 6) is 1.78. The van der Waals surface area contributed by atoms with Crippen LogP contribution >= 0.6 is 23.4 Å². The first-order valence-corrected chi connectivity index (χ1v) is 15.9. The van der Waals surface area contributed by atoms with Crippen molar-refractivity contribution in [2.24, 2.45) is 0 Å². The van der Waals surface area contributed by atoms with Gasteiger partial charge in [-0.15, -0.1) is 0 Å². The number of halogens is 1. The number of hydrogen-bond donors (Lipinski definition) is 1. The van der Waals surface area contributed by atoms with E-state index >= 15 is 0 Å². The topological polar surface area (TPSA) is 59.4 Å². The molecule has 5 rings (SSSR count). The Bertz CT molecular complexity index is 1510. The molecule has 1 aromatic heterocycles. The first-order chi connectivity index (χ1) is 19.9. The lowest BCUT2D eigenvalue weighted by atomic mass is 9.84. The lowest BCUT2D eigenvalue weighted by Gasteiger charge is -2.22. The van der Waals surface area contributed by atoms with Gasteiger partial charge in [0.1, 0.15) is 6.10 Å². The first-order valence-electron chi connectivity index (χ1n) is 14.3. The third kappa shape index (κ3) is 8.68. The zero-order valence-corrected chi connectivity index (χ0v) is 24.9. The van der Waals surface area contributed by atoms with Gasteiger partial charge in [-0.2, -0.15) is 11.8 Å². The molecule has 0 aliphatic heterocycles. The maximum Gasteiger partial charge on any atom is 0.306 e. The zero-order valence-electron chi connectivity index (χ0n) is 23.3. The third-order valence-electron chi connectivity index (χ3n) is 7.20. The molecule has 0 bridgehead atoms. The molecule has 1 N–H and O–H groups in total. The van der Waals surface area contributed by atoms with Crippen LogP contribution in [-0.2, 0) is 16.0 Å². The molecule has 1 aliphatic rings. The molecule has 4 aromatic rings. The van der Waals surface area contributed by atoms with Gasteiger partial charge in [-0.25, -0.2) is 4.98 Å². The molecule has 41 heavy (non-hydrogen) atoms. The van der Waals surface area contributed by atoms with Crippen molar-refractivity contribution in [1.29, 1.82) is 0 Å². The first kappa shape index (κ1) is 29.4. The number of carbonyl (C=O) groups excluding carboxylic acids is 1. The summed E-state index contributed by atoms with van der Waals surface area (Å²) in [4.78, 5) is 16.7. The van der Waals surface area contributed by atoms with E-state index < -0.39 is 6.10 Å². The fourth-order valence-electron chi connectivity index (χ4n) is 5.03. The minimum absolute atomic E-state index is 0.0812. The molecule has 3 aromatic carbocycles. The average molecular weight is 586 g/mol. The molecular formula is C35H36ClNO3S. The smallest absolute Gasteiger partial charge is 0.306 e. The Labute approximate surface area is 251 Å². The number of benzene rings is 3. The van der Waals surface area contributed by atoms with Gasteiger partial charge in [-0.05, 0) is 84.9 Å². The largest absolute Gasteiger partial charge is 0.462 e. The van der Waals surface area contributed by atoms with Crippen LogP contribution in [-0.4, -0.2) is 39.8 Å². The number of hydrogen-bond acceptors (Lipinski definition) is 5. The van der Waals surface area contributed by atoms with E-state index in [1.54, 1.807) is 11.8 Å². The van der Waals surface area contributed by atoms with E-state index in [0.717, 1.165) is 52.9 Å². The van der Waals surface area contributed by atoms with Gasteiger partial charge in [0.25, 0.3) is 0 Å². The lowest BCUT2D eigenvalue weighted by Crippen LogP contribution is -2.11. The van der Waals surface area contributed by atoms with Crippen molar-refractivity contribution in [1.82, 2.24) is 4.98 Å². The number of ether oxygens (including phenoxy) is 1. The Morgan fingerprint density at radius 1 is 1.05 bits per heavy atom. The Hall–Kier alpha value is -3.12. The summed E-state index contributed by atoms with van der Waals surface area (Å²) in [5, 5.41) is 11.9. The number of carbonyl (C=O) groups is 1. The highest BCUT2D eigenvalue weighted by Gasteiger charge is 2.25. The van der Waals surface area contributed by atoms with Crippen molar-refractivity contribution in [2.45, 2.75) is 57.2 Å². The van der Waals surface area contributed by atoms with Crippen molar-refractivity contribution >= 4 is 52.4 Å². The molecule has 0 radical (unpaired) electrons. The Balaban J connectivity index is 1.33. The number of rotatable bonds is 13. The molecule has 0 unspecified atom stereocenters. The van der Waals surface area contributed by atoms with E-state index in [2.05, 4.69) is 54.6 Å². The van der Waals surface area contributed by atoms with Crippen LogP contribution in [0, 0.1) is 0 Å². The second-order valence-corrected chi connectivity index (χ2v) is 12.4. The Kier molecular flexibility index (Phi) is 10.2. The van der Waals surface area contributed by atoms with Crippen LogP contribution in [0.1, 0.15) is 66.5 Å². The Morgan fingerprint density at radius 2 is 1.88 bits per heavy atom. The van der Waals surface area contributed by atoms with Gasteiger partial charge >= 0.3 is 5.97 Å². The van der Waals surface area contributed by atoms with Gasteiger partial charge in [0.15, 0.2) is 0 Å². The molecule has 0 amide bonds. The summed E-state index contributed by atoms with van der Waals surface area (Å²) in [7, 11) is 0. The highest BCUT2D eigenvalue weighted by molar-refractivity contribution is 7.99. The van der Waals surface area contributed by atoms with Crippen LogP contribution in [0.3, 0.4) is 0 Å². The lowest BCUT2D eigenvalue weighted by molar-refractivity contribution is -0.144. The number of thioether (sulfide) groups is 1. The van der Waals surface area contributed by atoms with Crippen molar-refractivity contribution in [2.75, 3.05) is 11.5 Å². The molecule has 1 heterocycles. The van der Waals surface area contributed by atoms with Gasteiger partial charge in [0.05, 0.1) is 23.7 Å². The van der Waals surface area contributed by atoms with Gasteiger partial charge in [-0.3, -0.25) is 4.79 Å². The van der Waals surface area contributed by atoms with Gasteiger partial charge < -0.3 is 9.84 Å². The summed E-state index contributed by atoms with van der Waals surface area (Å²) in [6.45, 7) is 1.84. The van der Waals surface area contributed by atoms with E-state index in [0.29, 0.717) is 17.9 Å². The van der Waals surface area contributed by atoms with Crippen molar-refractivity contribution in [3.05, 3.63) is 112 Å². The molecule has 0 spiro atoms. The fraction of sp³-hybridized carbons (Fsp3) is 0.314. The molecular weight excluding hydrogens is 550 g/mol. The minimum atomic E-state index is -0.415. The average Bonchev–Trinajstić information content (AvgIpc) is 3.78. The summed E-state index contributed by atoms with van der Waals surface area (Å²) >= 11 is 7.97. The summed E-state index contributed by atoms with van der Waals surface area (Å²) in [6.07, 6.45) is 7.90. The molecule has 212 valence electrons. The number of pyridine rings is 1. The number of aliphatic hydroxyl groups is 1. The summed E-state index contributed by atoms with van der Waals surface area (Å²) < 4.78 is 5.38. The van der Waals surface area contributed by atoms with Crippen LogP contribution in [0.5, 0.6) is 0 Å². The van der Waals surface area contributed by atoms with Gasteiger partial charge in [0, 0.05) is 22.1 Å². The molecule has 0 saturated heterocycles. The van der Waals surface area contributed by atoms with Gasteiger partial charge in [-0.1, -0.05) is 78.3 Å². The van der Waals surface area contributed by atoms with Gasteiger partial charge in [0.2, 0.25) is 0 Å². The number of fused-ring (bicyclic) bond motifs is 1. The number of aliphatic hydroxyl groups excluding tert-OH is 1. The van der Waals surface area contributed by atoms with Crippen LogP contribution in [0.25, 0.3) is 23.1 Å². The van der Waals surface area contributed by atoms with E-state index in [4.69, 9.17) is 21.3 Å². The number of aromatic nitrogens is 1. The van der Waals surface area contributed by atoms with E-state index in [1.807, 2.05) is 43.3 Å². The predicted molar refractivity (Wildman–Crippen MR) is 171 cm³/mol. The van der Waals surface area contributed by atoms with Crippen LogP contribution in [0.2, 0.25) is 5.02 Å². The van der Waals surface area contributed by atoms with E-state index in [1.165, 1.54) is 16.7 Å². The maximum absolute atomic E-state index is 12.0. The Morgan fingerprint density at radius 3 is 2.71 bits per heavy atom. The molecule has 4 nitrogen and oxygen atoms in total. The zero-order chi connectivity index (χ0) is 28.6. The molecule has 6 heteroatoms. The van der Waals surface area contributed by atoms with Crippen LogP contribution in [0.15, 0.2) is 78.9 Å². The predicted octanol–water partition coefficient (Wildman–Crippen LogP) is 8.33. The molecule has 1 saturated carbocycles. The highest BCUT2D eigenvalue weighted by Crippen LogP contribution is 2.33. The molecule has 1 aliphatic carbocycles. The van der Waals surface area contributed by atoms with Crippen molar-refractivity contribution in [3.8, 4) is 0 Å². The quantitative estimate of drug-likeness (QED) is 0.126. The maximum atomic E-state index is 12.0. The second-order valence-electron chi connectivity index (χ2n) is 10.7. The van der Waals surface area contributed by atoms with Crippen LogP contribution in [0.4, 0.5) is 0 Å². The summed E-state index contributed by atoms with van der Waals surface area (Å²) in [6, 6.07) is 26.9. The normalized spacial score (nSPS) is 14.8. The minimum Gasteiger partial charge on any atom is -0.462 e.